The van der Waals surface area contributed by atoms with E-state index in [0.717, 1.165) is 16.0 Å². The maximum atomic E-state index is 4.38. The van der Waals surface area contributed by atoms with Gasteiger partial charge in [0.05, 0.1) is 5.54 Å². The maximum absolute atomic E-state index is 4.38. The van der Waals surface area contributed by atoms with Gasteiger partial charge in [-0.2, -0.15) is 0 Å². The van der Waals surface area contributed by atoms with E-state index in [2.05, 4.69) is 65.2 Å². The van der Waals surface area contributed by atoms with E-state index in [1.165, 1.54) is 11.1 Å². The molecule has 1 heterocycles. The van der Waals surface area contributed by atoms with Gasteiger partial charge in [-0.15, -0.1) is 11.3 Å². The lowest BCUT2D eigenvalue weighted by Crippen LogP contribution is -2.35. The first kappa shape index (κ1) is 13.7. The number of hydrogen-bond donors (Lipinski definition) is 1. The molecule has 1 aromatic heterocycles. The van der Waals surface area contributed by atoms with Crippen LogP contribution in [0.5, 0.6) is 0 Å². The van der Waals surface area contributed by atoms with Gasteiger partial charge in [-0.05, 0) is 38.0 Å². The van der Waals surface area contributed by atoms with Gasteiger partial charge < -0.3 is 5.32 Å². The second kappa shape index (κ2) is 5.51. The summed E-state index contributed by atoms with van der Waals surface area (Å²) >= 11 is 5.25. The van der Waals surface area contributed by atoms with E-state index in [1.54, 1.807) is 11.3 Å². The molecule has 0 fully saturated rings. The molecule has 0 bridgehead atoms. The van der Waals surface area contributed by atoms with Crippen molar-refractivity contribution < 1.29 is 0 Å². The Hall–Kier alpha value is -0.710. The zero-order valence-electron chi connectivity index (χ0n) is 10.8. The van der Waals surface area contributed by atoms with Crippen molar-refractivity contribution in [1.29, 1.82) is 0 Å². The first-order valence-corrected chi connectivity index (χ1v) is 7.56. The third kappa shape index (κ3) is 3.19. The summed E-state index contributed by atoms with van der Waals surface area (Å²) in [6.45, 7) is 7.26. The number of rotatable bonds is 4. The van der Waals surface area contributed by atoms with E-state index in [0.29, 0.717) is 0 Å². The minimum Gasteiger partial charge on any atom is -0.302 e. The average molecular weight is 325 g/mol. The van der Waals surface area contributed by atoms with Gasteiger partial charge in [0.25, 0.3) is 0 Å². The van der Waals surface area contributed by atoms with Crippen LogP contribution >= 0.6 is 27.3 Å². The Morgan fingerprint density at radius 1 is 1.39 bits per heavy atom. The first-order chi connectivity index (χ1) is 8.49. The molecule has 96 valence electrons. The molecular weight excluding hydrogens is 308 g/mol. The standard InChI is InChI=1S/C14H17BrN2S/c1-10-4-5-11(8-12(10)15)9-17-14(2,3)13-16-6-7-18-13/h4-8,17H,9H2,1-3H3. The summed E-state index contributed by atoms with van der Waals surface area (Å²) < 4.78 is 1.16. The zero-order valence-corrected chi connectivity index (χ0v) is 13.2. The van der Waals surface area contributed by atoms with Crippen LogP contribution in [-0.2, 0) is 12.1 Å². The molecule has 2 aromatic rings. The van der Waals surface area contributed by atoms with Crippen LogP contribution in [-0.4, -0.2) is 4.98 Å². The lowest BCUT2D eigenvalue weighted by atomic mass is 10.1. The average Bonchev–Trinajstić information content (AvgIpc) is 2.85. The van der Waals surface area contributed by atoms with Gasteiger partial charge in [0.1, 0.15) is 5.01 Å². The molecule has 4 heteroatoms. The summed E-state index contributed by atoms with van der Waals surface area (Å²) in [7, 11) is 0. The van der Waals surface area contributed by atoms with Crippen molar-refractivity contribution >= 4 is 27.3 Å². The molecule has 0 radical (unpaired) electrons. The van der Waals surface area contributed by atoms with Gasteiger partial charge in [-0.3, -0.25) is 0 Å². The summed E-state index contributed by atoms with van der Waals surface area (Å²) in [6, 6.07) is 6.46. The quantitative estimate of drug-likeness (QED) is 0.909. The number of nitrogens with one attached hydrogen (secondary N) is 1. The highest BCUT2D eigenvalue weighted by Gasteiger charge is 2.22. The molecule has 1 N–H and O–H groups in total. The monoisotopic (exact) mass is 324 g/mol. The Morgan fingerprint density at radius 3 is 2.78 bits per heavy atom. The van der Waals surface area contributed by atoms with Gasteiger partial charge in [0.15, 0.2) is 0 Å². The minimum atomic E-state index is -0.0917. The minimum absolute atomic E-state index is 0.0917. The number of nitrogens with zero attached hydrogens (tertiary/aromatic N) is 1. The number of thiazole rings is 1. The van der Waals surface area contributed by atoms with Gasteiger partial charge in [0, 0.05) is 22.6 Å². The molecule has 0 unspecified atom stereocenters. The van der Waals surface area contributed by atoms with E-state index >= 15 is 0 Å². The summed E-state index contributed by atoms with van der Waals surface area (Å²) in [5.74, 6) is 0. The summed E-state index contributed by atoms with van der Waals surface area (Å²) in [4.78, 5) is 4.38. The van der Waals surface area contributed by atoms with Gasteiger partial charge >= 0.3 is 0 Å². The topological polar surface area (TPSA) is 24.9 Å². The summed E-state index contributed by atoms with van der Waals surface area (Å²) in [5, 5.41) is 6.69. The second-order valence-electron chi connectivity index (χ2n) is 4.90. The molecule has 0 atom stereocenters. The molecule has 0 aliphatic carbocycles. The Kier molecular flexibility index (Phi) is 4.20. The fraction of sp³-hybridized carbons (Fsp3) is 0.357. The lowest BCUT2D eigenvalue weighted by molar-refractivity contribution is 0.399. The number of halogens is 1. The molecule has 0 spiro atoms. The van der Waals surface area contributed by atoms with Crippen molar-refractivity contribution in [3.63, 3.8) is 0 Å². The highest BCUT2D eigenvalue weighted by atomic mass is 79.9. The van der Waals surface area contributed by atoms with Crippen LogP contribution in [0.3, 0.4) is 0 Å². The molecule has 18 heavy (non-hydrogen) atoms. The van der Waals surface area contributed by atoms with E-state index in [9.17, 15) is 0 Å². The Morgan fingerprint density at radius 2 is 2.17 bits per heavy atom. The predicted octanol–water partition coefficient (Wildman–Crippen LogP) is 4.24. The summed E-state index contributed by atoms with van der Waals surface area (Å²) in [6.07, 6.45) is 1.85. The fourth-order valence-corrected chi connectivity index (χ4v) is 2.84. The maximum Gasteiger partial charge on any atom is 0.112 e. The van der Waals surface area contributed by atoms with Crippen LogP contribution in [0, 0.1) is 6.92 Å². The molecule has 0 aliphatic rings. The van der Waals surface area contributed by atoms with Gasteiger partial charge in [-0.1, -0.05) is 28.1 Å². The molecule has 0 amide bonds. The number of benzene rings is 1. The third-order valence-corrected chi connectivity index (χ3v) is 4.89. The van der Waals surface area contributed by atoms with Crippen LogP contribution in [0.15, 0.2) is 34.2 Å². The van der Waals surface area contributed by atoms with Crippen molar-refractivity contribution in [2.45, 2.75) is 32.9 Å². The molecule has 0 saturated heterocycles. The Labute approximate surface area is 121 Å². The van der Waals surface area contributed by atoms with E-state index in [-0.39, 0.29) is 5.54 Å². The molecular formula is C14H17BrN2S. The van der Waals surface area contributed by atoms with E-state index in [1.807, 2.05) is 11.6 Å². The van der Waals surface area contributed by atoms with Crippen molar-refractivity contribution in [1.82, 2.24) is 10.3 Å². The molecule has 0 aliphatic heterocycles. The zero-order chi connectivity index (χ0) is 13.2. The molecule has 1 aromatic carbocycles. The Balaban J connectivity index is 2.05. The lowest BCUT2D eigenvalue weighted by Gasteiger charge is -2.24. The number of aryl methyl sites for hydroxylation is 1. The number of aromatic nitrogens is 1. The smallest absolute Gasteiger partial charge is 0.112 e. The largest absolute Gasteiger partial charge is 0.302 e. The SMILES string of the molecule is Cc1ccc(CNC(C)(C)c2nccs2)cc1Br. The Bertz CT molecular complexity index is 521. The summed E-state index contributed by atoms with van der Waals surface area (Å²) in [5.41, 5.74) is 2.45. The normalized spacial score (nSPS) is 11.8. The highest BCUT2D eigenvalue weighted by Crippen LogP contribution is 2.23. The van der Waals surface area contributed by atoms with Crippen molar-refractivity contribution in [2.75, 3.05) is 0 Å². The highest BCUT2D eigenvalue weighted by molar-refractivity contribution is 9.10. The molecule has 0 saturated carbocycles. The van der Waals surface area contributed by atoms with Crippen LogP contribution < -0.4 is 5.32 Å². The third-order valence-electron chi connectivity index (χ3n) is 2.94. The van der Waals surface area contributed by atoms with Crippen LogP contribution in [0.4, 0.5) is 0 Å². The molecule has 2 rings (SSSR count). The van der Waals surface area contributed by atoms with Crippen molar-refractivity contribution in [3.05, 3.63) is 50.4 Å². The van der Waals surface area contributed by atoms with Gasteiger partial charge in [0.2, 0.25) is 0 Å². The second-order valence-corrected chi connectivity index (χ2v) is 6.65. The van der Waals surface area contributed by atoms with Gasteiger partial charge in [-0.25, -0.2) is 4.98 Å². The van der Waals surface area contributed by atoms with E-state index < -0.39 is 0 Å². The van der Waals surface area contributed by atoms with Crippen molar-refractivity contribution in [2.24, 2.45) is 0 Å². The van der Waals surface area contributed by atoms with Crippen LogP contribution in [0.2, 0.25) is 0 Å². The number of hydrogen-bond acceptors (Lipinski definition) is 3. The van der Waals surface area contributed by atoms with E-state index in [4.69, 9.17) is 0 Å². The van der Waals surface area contributed by atoms with Crippen LogP contribution in [0.1, 0.15) is 30.0 Å². The van der Waals surface area contributed by atoms with Crippen molar-refractivity contribution in [3.8, 4) is 0 Å². The molecule has 2 nitrogen and oxygen atoms in total. The fourth-order valence-electron chi connectivity index (χ4n) is 1.68. The van der Waals surface area contributed by atoms with Crippen LogP contribution in [0.25, 0.3) is 0 Å². The predicted molar refractivity (Wildman–Crippen MR) is 80.9 cm³/mol. The first-order valence-electron chi connectivity index (χ1n) is 5.89.